The van der Waals surface area contributed by atoms with Crippen molar-refractivity contribution in [2.45, 2.75) is 30.3 Å². The highest BCUT2D eigenvalue weighted by Gasteiger charge is 2.28. The largest absolute Gasteiger partial charge is 0.334 e. The Balaban J connectivity index is 1.71. The molecule has 1 amide bonds. The van der Waals surface area contributed by atoms with E-state index in [2.05, 4.69) is 21.7 Å². The second-order valence-corrected chi connectivity index (χ2v) is 8.82. The topological polar surface area (TPSA) is 82.6 Å². The van der Waals surface area contributed by atoms with Gasteiger partial charge in [-0.1, -0.05) is 30.3 Å². The minimum atomic E-state index is -3.77. The van der Waals surface area contributed by atoms with Crippen LogP contribution in [0.2, 0.25) is 0 Å². The van der Waals surface area contributed by atoms with Gasteiger partial charge in [-0.05, 0) is 50.7 Å². The van der Waals surface area contributed by atoms with Crippen molar-refractivity contribution in [3.8, 4) is 0 Å². The molecule has 28 heavy (non-hydrogen) atoms. The zero-order valence-corrected chi connectivity index (χ0v) is 16.8. The van der Waals surface area contributed by atoms with E-state index in [1.54, 1.807) is 6.07 Å². The van der Waals surface area contributed by atoms with Gasteiger partial charge in [-0.3, -0.25) is 9.78 Å². The SMILES string of the molecule is CN1CCC(N(Cc2ccccc2)C(=O)CNS(=O)(=O)c2cccnc2)CC1. The van der Waals surface area contributed by atoms with Gasteiger partial charge in [0.15, 0.2) is 0 Å². The van der Waals surface area contributed by atoms with Crippen molar-refractivity contribution in [1.82, 2.24) is 19.5 Å². The molecule has 3 rings (SSSR count). The smallest absolute Gasteiger partial charge is 0.242 e. The van der Waals surface area contributed by atoms with Gasteiger partial charge in [0, 0.05) is 25.0 Å². The van der Waals surface area contributed by atoms with Crippen LogP contribution in [0.3, 0.4) is 0 Å². The summed E-state index contributed by atoms with van der Waals surface area (Å²) < 4.78 is 27.2. The zero-order chi connectivity index (χ0) is 20.0. The Labute approximate surface area is 166 Å². The maximum absolute atomic E-state index is 13.0. The summed E-state index contributed by atoms with van der Waals surface area (Å²) in [6.07, 6.45) is 4.53. The summed E-state index contributed by atoms with van der Waals surface area (Å²) in [7, 11) is -1.70. The van der Waals surface area contributed by atoms with Crippen molar-refractivity contribution in [3.05, 3.63) is 60.4 Å². The standard InChI is InChI=1S/C20H26N4O3S/c1-23-12-9-18(10-13-23)24(16-17-6-3-2-4-7-17)20(25)15-22-28(26,27)19-8-5-11-21-14-19/h2-8,11,14,18,22H,9-10,12-13,15-16H2,1H3. The first-order valence-electron chi connectivity index (χ1n) is 9.37. The Morgan fingerprint density at radius 2 is 1.89 bits per heavy atom. The van der Waals surface area contributed by atoms with Gasteiger partial charge in [-0.25, -0.2) is 13.1 Å². The monoisotopic (exact) mass is 402 g/mol. The van der Waals surface area contributed by atoms with E-state index >= 15 is 0 Å². The molecule has 150 valence electrons. The minimum Gasteiger partial charge on any atom is -0.334 e. The van der Waals surface area contributed by atoms with Crippen molar-refractivity contribution in [2.75, 3.05) is 26.7 Å². The van der Waals surface area contributed by atoms with E-state index in [1.165, 1.54) is 18.5 Å². The average Bonchev–Trinajstić information content (AvgIpc) is 2.72. The molecule has 0 bridgehead atoms. The number of nitrogens with zero attached hydrogens (tertiary/aromatic N) is 3. The summed E-state index contributed by atoms with van der Waals surface area (Å²) in [6.45, 7) is 2.05. The fourth-order valence-corrected chi connectivity index (χ4v) is 4.29. The molecule has 1 fully saturated rings. The number of benzene rings is 1. The Morgan fingerprint density at radius 1 is 1.18 bits per heavy atom. The lowest BCUT2D eigenvalue weighted by Crippen LogP contribution is -2.49. The van der Waals surface area contributed by atoms with Crippen molar-refractivity contribution in [2.24, 2.45) is 0 Å². The number of hydrogen-bond acceptors (Lipinski definition) is 5. The molecular formula is C20H26N4O3S. The summed E-state index contributed by atoms with van der Waals surface area (Å²) in [5, 5.41) is 0. The van der Waals surface area contributed by atoms with Crippen molar-refractivity contribution < 1.29 is 13.2 Å². The number of carbonyl (C=O) groups excluding carboxylic acids is 1. The third kappa shape index (κ3) is 5.37. The van der Waals surface area contributed by atoms with Crippen LogP contribution in [0.15, 0.2) is 59.8 Å². The number of nitrogens with one attached hydrogen (secondary N) is 1. The van der Waals surface area contributed by atoms with Crippen LogP contribution in [0.4, 0.5) is 0 Å². The number of carbonyl (C=O) groups is 1. The van der Waals surface area contributed by atoms with Crippen LogP contribution in [0, 0.1) is 0 Å². The van der Waals surface area contributed by atoms with Crippen LogP contribution < -0.4 is 4.72 Å². The molecule has 0 radical (unpaired) electrons. The highest BCUT2D eigenvalue weighted by atomic mass is 32.2. The van der Waals surface area contributed by atoms with Crippen LogP contribution in [0.5, 0.6) is 0 Å². The summed E-state index contributed by atoms with van der Waals surface area (Å²) in [5.74, 6) is -0.217. The van der Waals surface area contributed by atoms with Gasteiger partial charge in [-0.2, -0.15) is 0 Å². The lowest BCUT2D eigenvalue weighted by molar-refractivity contribution is -0.134. The van der Waals surface area contributed by atoms with Gasteiger partial charge in [0.2, 0.25) is 15.9 Å². The maximum Gasteiger partial charge on any atom is 0.242 e. The summed E-state index contributed by atoms with van der Waals surface area (Å²) in [5.41, 5.74) is 1.03. The molecule has 2 heterocycles. The molecule has 1 N–H and O–H groups in total. The molecule has 7 nitrogen and oxygen atoms in total. The van der Waals surface area contributed by atoms with Crippen LogP contribution in [-0.4, -0.2) is 61.8 Å². The van der Waals surface area contributed by atoms with Crippen molar-refractivity contribution in [3.63, 3.8) is 0 Å². The number of amides is 1. The normalized spacial score (nSPS) is 16.0. The van der Waals surface area contributed by atoms with Crippen LogP contribution in [-0.2, 0) is 21.4 Å². The van der Waals surface area contributed by atoms with Crippen molar-refractivity contribution >= 4 is 15.9 Å². The van der Waals surface area contributed by atoms with E-state index in [-0.39, 0.29) is 23.4 Å². The number of rotatable bonds is 7. The average molecular weight is 403 g/mol. The van der Waals surface area contributed by atoms with Gasteiger partial charge in [-0.15, -0.1) is 0 Å². The molecule has 0 saturated carbocycles. The molecule has 0 unspecified atom stereocenters. The summed E-state index contributed by atoms with van der Waals surface area (Å²) >= 11 is 0. The third-order valence-corrected chi connectivity index (χ3v) is 6.39. The first kappa shape index (κ1) is 20.4. The van der Waals surface area contributed by atoms with E-state index < -0.39 is 10.0 Å². The summed E-state index contributed by atoms with van der Waals surface area (Å²) in [4.78, 5) is 20.9. The Kier molecular flexibility index (Phi) is 6.77. The molecule has 1 aromatic carbocycles. The van der Waals surface area contributed by atoms with Gasteiger partial charge >= 0.3 is 0 Å². The molecule has 1 aliphatic heterocycles. The molecule has 0 aliphatic carbocycles. The predicted octanol–water partition coefficient (Wildman–Crippen LogP) is 1.48. The van der Waals surface area contributed by atoms with Crippen LogP contribution in [0.25, 0.3) is 0 Å². The second-order valence-electron chi connectivity index (χ2n) is 7.05. The molecule has 2 aromatic rings. The van der Waals surface area contributed by atoms with Gasteiger partial charge < -0.3 is 9.80 Å². The highest BCUT2D eigenvalue weighted by Crippen LogP contribution is 2.19. The Morgan fingerprint density at radius 3 is 2.54 bits per heavy atom. The molecule has 8 heteroatoms. The number of pyridine rings is 1. The lowest BCUT2D eigenvalue weighted by Gasteiger charge is -2.37. The molecule has 0 spiro atoms. The fourth-order valence-electron chi connectivity index (χ4n) is 3.36. The third-order valence-electron chi connectivity index (χ3n) is 5.00. The van der Waals surface area contributed by atoms with E-state index in [9.17, 15) is 13.2 Å². The van der Waals surface area contributed by atoms with E-state index in [4.69, 9.17) is 0 Å². The maximum atomic E-state index is 13.0. The Hall–Kier alpha value is -2.29. The minimum absolute atomic E-state index is 0.0525. The Bertz CT molecular complexity index is 867. The van der Waals surface area contributed by atoms with Crippen LogP contribution >= 0.6 is 0 Å². The lowest BCUT2D eigenvalue weighted by atomic mass is 10.0. The van der Waals surface area contributed by atoms with E-state index in [0.29, 0.717) is 6.54 Å². The fraction of sp³-hybridized carbons (Fsp3) is 0.400. The van der Waals surface area contributed by atoms with Gasteiger partial charge in [0.25, 0.3) is 0 Å². The van der Waals surface area contributed by atoms with E-state index in [0.717, 1.165) is 31.5 Å². The quantitative estimate of drug-likeness (QED) is 0.759. The summed E-state index contributed by atoms with van der Waals surface area (Å²) in [6, 6.07) is 12.9. The molecule has 1 aromatic heterocycles. The number of aromatic nitrogens is 1. The number of sulfonamides is 1. The van der Waals surface area contributed by atoms with Gasteiger partial charge in [0.1, 0.15) is 4.90 Å². The van der Waals surface area contributed by atoms with E-state index in [1.807, 2.05) is 35.2 Å². The number of likely N-dealkylation sites (tertiary alicyclic amines) is 1. The van der Waals surface area contributed by atoms with Crippen molar-refractivity contribution in [1.29, 1.82) is 0 Å². The van der Waals surface area contributed by atoms with Gasteiger partial charge in [0.05, 0.1) is 6.54 Å². The zero-order valence-electron chi connectivity index (χ0n) is 16.0. The predicted molar refractivity (Wildman–Crippen MR) is 107 cm³/mol. The highest BCUT2D eigenvalue weighted by molar-refractivity contribution is 7.89. The molecule has 1 aliphatic rings. The molecule has 1 saturated heterocycles. The molecule has 0 atom stereocenters. The number of hydrogen-bond donors (Lipinski definition) is 1. The first-order valence-corrected chi connectivity index (χ1v) is 10.9. The first-order chi connectivity index (χ1) is 13.5. The molecular weight excluding hydrogens is 376 g/mol. The second kappa shape index (κ2) is 9.27. The number of piperidine rings is 1. The van der Waals surface area contributed by atoms with Crippen LogP contribution in [0.1, 0.15) is 18.4 Å².